The molecular formula is C19H21ClN2O4S. The van der Waals surface area contributed by atoms with Crippen LogP contribution in [0.2, 0.25) is 5.02 Å². The number of rotatable bonds is 4. The number of fused-ring (bicyclic) bond motifs is 1. The van der Waals surface area contributed by atoms with Crippen molar-refractivity contribution in [3.63, 3.8) is 0 Å². The summed E-state index contributed by atoms with van der Waals surface area (Å²) in [5, 5.41) is 6.46. The Hall–Kier alpha value is -2.09. The van der Waals surface area contributed by atoms with E-state index in [-0.39, 0.29) is 12.2 Å². The number of anilines is 2. The van der Waals surface area contributed by atoms with E-state index < -0.39 is 12.0 Å². The summed E-state index contributed by atoms with van der Waals surface area (Å²) in [7, 11) is 0. The molecule has 0 saturated heterocycles. The van der Waals surface area contributed by atoms with Gasteiger partial charge in [-0.25, -0.2) is 9.59 Å². The van der Waals surface area contributed by atoms with Crippen molar-refractivity contribution in [2.24, 2.45) is 0 Å². The quantitative estimate of drug-likeness (QED) is 0.692. The van der Waals surface area contributed by atoms with Gasteiger partial charge in [0.2, 0.25) is 0 Å². The standard InChI is InChI=1S/C19H21ClN2O4S/c1-4-25-17(23)15-13-9-19(2,3)26-10-14(13)27-16(15)22-18(24)21-12-7-5-6-11(20)8-12/h5-8H,4,9-10H2,1-3H3,(H2,21,22,24). The SMILES string of the molecule is CCOC(=O)c1c(NC(=O)Nc2cccc(Cl)c2)sc2c1CC(C)(C)OC2. The largest absolute Gasteiger partial charge is 0.462 e. The number of esters is 1. The van der Waals surface area contributed by atoms with Crippen molar-refractivity contribution >= 4 is 45.6 Å². The van der Waals surface area contributed by atoms with E-state index in [4.69, 9.17) is 21.1 Å². The summed E-state index contributed by atoms with van der Waals surface area (Å²) in [6.07, 6.45) is 0.574. The molecule has 2 N–H and O–H groups in total. The van der Waals surface area contributed by atoms with Crippen molar-refractivity contribution in [3.8, 4) is 0 Å². The van der Waals surface area contributed by atoms with Crippen LogP contribution in [0.1, 0.15) is 41.6 Å². The van der Waals surface area contributed by atoms with E-state index in [9.17, 15) is 9.59 Å². The highest BCUT2D eigenvalue weighted by Gasteiger charge is 2.34. The Balaban J connectivity index is 1.87. The van der Waals surface area contributed by atoms with Crippen molar-refractivity contribution in [3.05, 3.63) is 45.3 Å². The van der Waals surface area contributed by atoms with Gasteiger partial charge >= 0.3 is 12.0 Å². The Bertz CT molecular complexity index is 879. The summed E-state index contributed by atoms with van der Waals surface area (Å²) in [4.78, 5) is 25.9. The second-order valence-electron chi connectivity index (χ2n) is 6.74. The average molecular weight is 409 g/mol. The smallest absolute Gasteiger partial charge is 0.341 e. The van der Waals surface area contributed by atoms with Crippen molar-refractivity contribution < 1.29 is 19.1 Å². The van der Waals surface area contributed by atoms with E-state index in [0.29, 0.717) is 34.3 Å². The molecule has 0 radical (unpaired) electrons. The molecule has 1 aromatic heterocycles. The van der Waals surface area contributed by atoms with Gasteiger partial charge in [-0.15, -0.1) is 11.3 Å². The van der Waals surface area contributed by atoms with Crippen LogP contribution in [0.4, 0.5) is 15.5 Å². The molecule has 8 heteroatoms. The van der Waals surface area contributed by atoms with Gasteiger partial charge in [0.15, 0.2) is 0 Å². The molecule has 0 bridgehead atoms. The summed E-state index contributed by atoms with van der Waals surface area (Å²) >= 11 is 7.28. The van der Waals surface area contributed by atoms with Gasteiger partial charge in [0.25, 0.3) is 0 Å². The molecule has 0 saturated carbocycles. The zero-order chi connectivity index (χ0) is 19.6. The maximum atomic E-state index is 12.5. The molecule has 0 aliphatic carbocycles. The van der Waals surface area contributed by atoms with Crippen LogP contribution in [0.15, 0.2) is 24.3 Å². The Morgan fingerprint density at radius 3 is 2.81 bits per heavy atom. The fraction of sp³-hybridized carbons (Fsp3) is 0.368. The summed E-state index contributed by atoms with van der Waals surface area (Å²) in [6.45, 7) is 6.36. The van der Waals surface area contributed by atoms with Crippen LogP contribution in [0.5, 0.6) is 0 Å². The molecule has 2 amide bonds. The number of carbonyl (C=O) groups is 2. The highest BCUT2D eigenvalue weighted by atomic mass is 35.5. The van der Waals surface area contributed by atoms with Crippen LogP contribution in [0.25, 0.3) is 0 Å². The van der Waals surface area contributed by atoms with E-state index in [2.05, 4.69) is 10.6 Å². The monoisotopic (exact) mass is 408 g/mol. The average Bonchev–Trinajstić information content (AvgIpc) is 2.90. The summed E-state index contributed by atoms with van der Waals surface area (Å²) in [5.41, 5.74) is 1.47. The van der Waals surface area contributed by atoms with Crippen LogP contribution >= 0.6 is 22.9 Å². The number of hydrogen-bond acceptors (Lipinski definition) is 5. The molecule has 6 nitrogen and oxygen atoms in total. The lowest BCUT2D eigenvalue weighted by Gasteiger charge is -2.30. The Labute approximate surface area is 166 Å². The lowest BCUT2D eigenvalue weighted by Crippen LogP contribution is -2.32. The van der Waals surface area contributed by atoms with Gasteiger partial charge in [-0.2, -0.15) is 0 Å². The number of carbonyl (C=O) groups excluding carboxylic acids is 2. The fourth-order valence-corrected chi connectivity index (χ4v) is 4.20. The predicted molar refractivity (Wildman–Crippen MR) is 107 cm³/mol. The number of thiophene rings is 1. The Morgan fingerprint density at radius 2 is 2.11 bits per heavy atom. The zero-order valence-corrected chi connectivity index (χ0v) is 16.9. The number of benzene rings is 1. The second-order valence-corrected chi connectivity index (χ2v) is 8.28. The van der Waals surface area contributed by atoms with Crippen LogP contribution in [0.3, 0.4) is 0 Å². The van der Waals surface area contributed by atoms with Gasteiger partial charge in [0.1, 0.15) is 5.00 Å². The molecule has 2 heterocycles. The number of urea groups is 1. The minimum atomic E-state index is -0.457. The lowest BCUT2D eigenvalue weighted by molar-refractivity contribution is -0.0384. The maximum absolute atomic E-state index is 12.5. The topological polar surface area (TPSA) is 76.7 Å². The lowest BCUT2D eigenvalue weighted by atomic mass is 9.93. The highest BCUT2D eigenvalue weighted by molar-refractivity contribution is 7.17. The number of ether oxygens (including phenoxy) is 2. The van der Waals surface area contributed by atoms with Gasteiger partial charge in [-0.05, 0) is 44.5 Å². The van der Waals surface area contributed by atoms with Gasteiger partial charge in [0, 0.05) is 22.0 Å². The fourth-order valence-electron chi connectivity index (χ4n) is 2.89. The summed E-state index contributed by atoms with van der Waals surface area (Å²) in [6, 6.07) is 6.38. The van der Waals surface area contributed by atoms with Crippen molar-refractivity contribution in [2.75, 3.05) is 17.2 Å². The molecule has 3 rings (SSSR count). The van der Waals surface area contributed by atoms with Gasteiger partial charge in [-0.1, -0.05) is 17.7 Å². The number of halogens is 1. The molecule has 27 heavy (non-hydrogen) atoms. The molecule has 0 fully saturated rings. The first-order chi connectivity index (χ1) is 12.8. The summed E-state index contributed by atoms with van der Waals surface area (Å²) in [5.74, 6) is -0.439. The van der Waals surface area contributed by atoms with Crippen LogP contribution in [0, 0.1) is 0 Å². The highest BCUT2D eigenvalue weighted by Crippen LogP contribution is 2.40. The maximum Gasteiger partial charge on any atom is 0.341 e. The third-order valence-electron chi connectivity index (χ3n) is 4.08. The molecule has 0 spiro atoms. The number of amides is 2. The van der Waals surface area contributed by atoms with Crippen LogP contribution in [-0.2, 0) is 22.5 Å². The van der Waals surface area contributed by atoms with E-state index in [0.717, 1.165) is 10.4 Å². The Kier molecular flexibility index (Phi) is 5.74. The normalized spacial score (nSPS) is 15.0. The van der Waals surface area contributed by atoms with Gasteiger partial charge in [-0.3, -0.25) is 5.32 Å². The molecule has 1 aliphatic rings. The minimum Gasteiger partial charge on any atom is -0.462 e. The second kappa shape index (κ2) is 7.88. The van der Waals surface area contributed by atoms with Crippen LogP contribution in [-0.4, -0.2) is 24.2 Å². The van der Waals surface area contributed by atoms with Crippen LogP contribution < -0.4 is 10.6 Å². The third-order valence-corrected chi connectivity index (χ3v) is 5.43. The number of hydrogen-bond donors (Lipinski definition) is 2. The summed E-state index contributed by atoms with van der Waals surface area (Å²) < 4.78 is 11.0. The van der Waals surface area contributed by atoms with E-state index >= 15 is 0 Å². The van der Waals surface area contributed by atoms with Crippen molar-refractivity contribution in [1.82, 2.24) is 0 Å². The molecular weight excluding hydrogens is 388 g/mol. The zero-order valence-electron chi connectivity index (χ0n) is 15.3. The van der Waals surface area contributed by atoms with Gasteiger partial charge < -0.3 is 14.8 Å². The molecule has 0 unspecified atom stereocenters. The Morgan fingerprint density at radius 1 is 1.33 bits per heavy atom. The van der Waals surface area contributed by atoms with Gasteiger partial charge in [0.05, 0.1) is 24.4 Å². The minimum absolute atomic E-state index is 0.261. The van der Waals surface area contributed by atoms with E-state index in [1.54, 1.807) is 31.2 Å². The molecule has 0 atom stereocenters. The van der Waals surface area contributed by atoms with E-state index in [1.165, 1.54) is 11.3 Å². The van der Waals surface area contributed by atoms with E-state index in [1.807, 2.05) is 13.8 Å². The first kappa shape index (κ1) is 19.7. The first-order valence-electron chi connectivity index (χ1n) is 8.58. The first-order valence-corrected chi connectivity index (χ1v) is 9.77. The molecule has 144 valence electrons. The third kappa shape index (κ3) is 4.61. The molecule has 2 aromatic rings. The van der Waals surface area contributed by atoms with Crippen molar-refractivity contribution in [1.29, 1.82) is 0 Å². The molecule has 1 aromatic carbocycles. The predicted octanol–water partition coefficient (Wildman–Crippen LogP) is 5.07. The number of nitrogens with one attached hydrogen (secondary N) is 2. The molecule has 1 aliphatic heterocycles. The van der Waals surface area contributed by atoms with Crippen molar-refractivity contribution in [2.45, 2.75) is 39.4 Å².